The van der Waals surface area contributed by atoms with Gasteiger partial charge in [0.1, 0.15) is 0 Å². The maximum Gasteiger partial charge on any atom is 0.223 e. The predicted molar refractivity (Wildman–Crippen MR) is 97.9 cm³/mol. The summed E-state index contributed by atoms with van der Waals surface area (Å²) in [5, 5.41) is 0. The number of hydrogen-bond acceptors (Lipinski definition) is 3. The van der Waals surface area contributed by atoms with Crippen LogP contribution in [-0.4, -0.2) is 27.3 Å². The van der Waals surface area contributed by atoms with Gasteiger partial charge in [-0.2, -0.15) is 0 Å². The lowest BCUT2D eigenvalue weighted by Crippen LogP contribution is -2.26. The first kappa shape index (κ1) is 15.8. The fraction of sp³-hybridized carbons (Fsp3) is 0.286. The smallest absolute Gasteiger partial charge is 0.223 e. The van der Waals surface area contributed by atoms with Crippen molar-refractivity contribution in [3.63, 3.8) is 0 Å². The Hall–Kier alpha value is -2.75. The number of rotatable bonds is 4. The Morgan fingerprint density at radius 1 is 1.00 bits per heavy atom. The second kappa shape index (κ2) is 6.63. The number of amides is 1. The molecule has 1 aliphatic heterocycles. The molecule has 2 heterocycles. The topological polar surface area (TPSA) is 46.1 Å². The highest BCUT2D eigenvalue weighted by Gasteiger charge is 2.30. The normalized spacial score (nSPS) is 17.4. The highest BCUT2D eigenvalue weighted by Crippen LogP contribution is 2.24. The Labute approximate surface area is 147 Å². The highest BCUT2D eigenvalue weighted by atomic mass is 16.2. The largest absolute Gasteiger partial charge is 0.336 e. The summed E-state index contributed by atoms with van der Waals surface area (Å²) >= 11 is 0. The molecule has 1 fully saturated rings. The van der Waals surface area contributed by atoms with Gasteiger partial charge in [0.25, 0.3) is 0 Å². The average Bonchev–Trinajstić information content (AvgIpc) is 2.95. The number of para-hydroxylation sites is 2. The second-order valence-electron chi connectivity index (χ2n) is 6.78. The number of aryl methyl sites for hydroxylation is 1. The van der Waals surface area contributed by atoms with E-state index >= 15 is 0 Å². The molecule has 1 aliphatic rings. The van der Waals surface area contributed by atoms with E-state index < -0.39 is 0 Å². The molecule has 4 heteroatoms. The highest BCUT2D eigenvalue weighted by molar-refractivity contribution is 5.79. The van der Waals surface area contributed by atoms with Crippen LogP contribution in [0.4, 0.5) is 0 Å². The van der Waals surface area contributed by atoms with Gasteiger partial charge in [-0.15, -0.1) is 0 Å². The van der Waals surface area contributed by atoms with Gasteiger partial charge in [-0.25, -0.2) is 9.97 Å². The SMILES string of the molecule is Cc1nc2ccccc2nc1CN1C[C@H](Cc2ccccc2)CC1=O. The maximum atomic E-state index is 12.4. The standard InChI is InChI=1S/C21H21N3O/c1-15-20(23-19-10-6-5-9-18(19)22-15)14-24-13-17(12-21(24)25)11-16-7-3-2-4-8-16/h2-10,17H,11-14H2,1H3/t17-/m1/s1. The van der Waals surface area contributed by atoms with Crippen LogP contribution in [0.2, 0.25) is 0 Å². The van der Waals surface area contributed by atoms with Crippen LogP contribution in [0.1, 0.15) is 23.4 Å². The maximum absolute atomic E-state index is 12.4. The Morgan fingerprint density at radius 3 is 2.44 bits per heavy atom. The second-order valence-corrected chi connectivity index (χ2v) is 6.78. The lowest BCUT2D eigenvalue weighted by atomic mass is 9.99. The van der Waals surface area contributed by atoms with Crippen molar-refractivity contribution in [2.24, 2.45) is 5.92 Å². The molecule has 126 valence electrons. The molecule has 1 atom stereocenters. The number of benzene rings is 2. The molecule has 0 unspecified atom stereocenters. The third-order valence-corrected chi connectivity index (χ3v) is 4.85. The van der Waals surface area contributed by atoms with Gasteiger partial charge in [-0.05, 0) is 37.0 Å². The number of aromatic nitrogens is 2. The van der Waals surface area contributed by atoms with Crippen molar-refractivity contribution in [2.75, 3.05) is 6.54 Å². The Morgan fingerprint density at radius 2 is 1.68 bits per heavy atom. The first-order valence-electron chi connectivity index (χ1n) is 8.73. The summed E-state index contributed by atoms with van der Waals surface area (Å²) in [7, 11) is 0. The van der Waals surface area contributed by atoms with E-state index in [2.05, 4.69) is 29.2 Å². The molecule has 1 saturated heterocycles. The van der Waals surface area contributed by atoms with Crippen LogP contribution in [0, 0.1) is 12.8 Å². The number of nitrogens with zero attached hydrogens (tertiary/aromatic N) is 3. The fourth-order valence-corrected chi connectivity index (χ4v) is 3.55. The molecule has 4 nitrogen and oxygen atoms in total. The van der Waals surface area contributed by atoms with Gasteiger partial charge in [-0.1, -0.05) is 42.5 Å². The summed E-state index contributed by atoms with van der Waals surface area (Å²) in [6.45, 7) is 3.31. The van der Waals surface area contributed by atoms with E-state index in [-0.39, 0.29) is 5.91 Å². The number of carbonyl (C=O) groups excluding carboxylic acids is 1. The molecule has 0 aliphatic carbocycles. The van der Waals surface area contributed by atoms with Gasteiger partial charge in [0.15, 0.2) is 0 Å². The van der Waals surface area contributed by atoms with E-state index in [1.807, 2.05) is 42.2 Å². The van der Waals surface area contributed by atoms with E-state index in [0.717, 1.165) is 35.4 Å². The van der Waals surface area contributed by atoms with Gasteiger partial charge in [-0.3, -0.25) is 4.79 Å². The van der Waals surface area contributed by atoms with E-state index in [4.69, 9.17) is 4.98 Å². The summed E-state index contributed by atoms with van der Waals surface area (Å²) in [6, 6.07) is 18.3. The molecule has 1 amide bonds. The average molecular weight is 331 g/mol. The van der Waals surface area contributed by atoms with Gasteiger partial charge < -0.3 is 4.90 Å². The van der Waals surface area contributed by atoms with Crippen LogP contribution in [-0.2, 0) is 17.8 Å². The van der Waals surface area contributed by atoms with E-state index in [1.165, 1.54) is 5.56 Å². The summed E-state index contributed by atoms with van der Waals surface area (Å²) in [4.78, 5) is 23.7. The molecular weight excluding hydrogens is 310 g/mol. The van der Waals surface area contributed by atoms with Gasteiger partial charge in [0, 0.05) is 13.0 Å². The molecule has 0 saturated carbocycles. The van der Waals surface area contributed by atoms with E-state index in [1.54, 1.807) is 0 Å². The third-order valence-electron chi connectivity index (χ3n) is 4.85. The Balaban J connectivity index is 1.49. The lowest BCUT2D eigenvalue weighted by Gasteiger charge is -2.17. The summed E-state index contributed by atoms with van der Waals surface area (Å²) in [5.41, 5.74) is 4.88. The molecule has 0 spiro atoms. The zero-order chi connectivity index (χ0) is 17.2. The third kappa shape index (κ3) is 3.38. The van der Waals surface area contributed by atoms with Crippen molar-refractivity contribution in [1.29, 1.82) is 0 Å². The van der Waals surface area contributed by atoms with Crippen molar-refractivity contribution >= 4 is 16.9 Å². The fourth-order valence-electron chi connectivity index (χ4n) is 3.55. The van der Waals surface area contributed by atoms with Crippen LogP contribution < -0.4 is 0 Å². The minimum absolute atomic E-state index is 0.218. The summed E-state index contributed by atoms with van der Waals surface area (Å²) < 4.78 is 0. The van der Waals surface area contributed by atoms with Crippen LogP contribution in [0.25, 0.3) is 11.0 Å². The van der Waals surface area contributed by atoms with E-state index in [9.17, 15) is 4.79 Å². The molecular formula is C21H21N3O. The minimum Gasteiger partial charge on any atom is -0.336 e. The Bertz CT molecular complexity index is 907. The van der Waals surface area contributed by atoms with Crippen molar-refractivity contribution < 1.29 is 4.79 Å². The number of likely N-dealkylation sites (tertiary alicyclic amines) is 1. The number of fused-ring (bicyclic) bond motifs is 1. The van der Waals surface area contributed by atoms with Crippen molar-refractivity contribution in [3.8, 4) is 0 Å². The first-order valence-corrected chi connectivity index (χ1v) is 8.73. The molecule has 0 radical (unpaired) electrons. The molecule has 25 heavy (non-hydrogen) atoms. The number of carbonyl (C=O) groups is 1. The minimum atomic E-state index is 0.218. The van der Waals surface area contributed by atoms with Crippen LogP contribution in [0.3, 0.4) is 0 Å². The van der Waals surface area contributed by atoms with Crippen molar-refractivity contribution in [1.82, 2.24) is 14.9 Å². The zero-order valence-corrected chi connectivity index (χ0v) is 14.4. The van der Waals surface area contributed by atoms with Crippen molar-refractivity contribution in [3.05, 3.63) is 71.5 Å². The lowest BCUT2D eigenvalue weighted by molar-refractivity contribution is -0.128. The molecule has 4 rings (SSSR count). The molecule has 2 aromatic carbocycles. The quantitative estimate of drug-likeness (QED) is 0.735. The van der Waals surface area contributed by atoms with Gasteiger partial charge in [0.2, 0.25) is 5.91 Å². The first-order chi connectivity index (χ1) is 12.2. The van der Waals surface area contributed by atoms with Crippen LogP contribution >= 0.6 is 0 Å². The summed E-state index contributed by atoms with van der Waals surface area (Å²) in [5.74, 6) is 0.596. The zero-order valence-electron chi connectivity index (χ0n) is 14.4. The van der Waals surface area contributed by atoms with Gasteiger partial charge >= 0.3 is 0 Å². The summed E-state index contributed by atoms with van der Waals surface area (Å²) in [6.07, 6.45) is 1.57. The number of hydrogen-bond donors (Lipinski definition) is 0. The van der Waals surface area contributed by atoms with Gasteiger partial charge in [0.05, 0.1) is 29.0 Å². The van der Waals surface area contributed by atoms with Crippen LogP contribution in [0.15, 0.2) is 54.6 Å². The molecule has 3 aromatic rings. The Kier molecular flexibility index (Phi) is 4.18. The molecule has 0 bridgehead atoms. The predicted octanol–water partition coefficient (Wildman–Crippen LogP) is 3.53. The monoisotopic (exact) mass is 331 g/mol. The van der Waals surface area contributed by atoms with Crippen molar-refractivity contribution in [2.45, 2.75) is 26.3 Å². The molecule has 1 aromatic heterocycles. The molecule has 0 N–H and O–H groups in total. The van der Waals surface area contributed by atoms with Crippen LogP contribution in [0.5, 0.6) is 0 Å². The van der Waals surface area contributed by atoms with E-state index in [0.29, 0.717) is 18.9 Å².